The number of aliphatic imine (C=N–C) groups is 1. The van der Waals surface area contributed by atoms with Crippen LogP contribution >= 0.6 is 24.0 Å². The summed E-state index contributed by atoms with van der Waals surface area (Å²) in [6.07, 6.45) is 2.08. The van der Waals surface area contributed by atoms with Crippen LogP contribution in [-0.2, 0) is 13.1 Å². The number of ether oxygens (including phenoxy) is 2. The first-order valence-corrected chi connectivity index (χ1v) is 10.4. The standard InChI is InChI=1S/C23H28N6O2.HI/c1-16-26-22-19(7-6-14-29(22)28-16)27-23(24-2)25-15-17-10-12-18(13-11-17)31-21-9-5-4-8-20(21)30-3;/h4-5,8-13,19H,6-7,14-15H2,1-3H3,(H2,24,25,27);1H. The van der Waals surface area contributed by atoms with Crippen molar-refractivity contribution >= 4 is 29.9 Å². The summed E-state index contributed by atoms with van der Waals surface area (Å²) in [6.45, 7) is 3.49. The zero-order valence-electron chi connectivity index (χ0n) is 18.5. The summed E-state index contributed by atoms with van der Waals surface area (Å²) in [4.78, 5) is 8.95. The number of halogens is 1. The van der Waals surface area contributed by atoms with Crippen molar-refractivity contribution in [3.63, 3.8) is 0 Å². The molecular weight excluding hydrogens is 519 g/mol. The maximum atomic E-state index is 5.94. The maximum Gasteiger partial charge on any atom is 0.191 e. The predicted molar refractivity (Wildman–Crippen MR) is 135 cm³/mol. The second-order valence-corrected chi connectivity index (χ2v) is 7.40. The van der Waals surface area contributed by atoms with Gasteiger partial charge in [0.1, 0.15) is 17.4 Å². The number of nitrogens with zero attached hydrogens (tertiary/aromatic N) is 4. The van der Waals surface area contributed by atoms with Crippen LogP contribution < -0.4 is 20.1 Å². The number of fused-ring (bicyclic) bond motifs is 1. The molecule has 0 radical (unpaired) electrons. The van der Waals surface area contributed by atoms with Crippen LogP contribution in [0.5, 0.6) is 17.2 Å². The van der Waals surface area contributed by atoms with E-state index in [0.29, 0.717) is 18.0 Å². The van der Waals surface area contributed by atoms with E-state index in [9.17, 15) is 0 Å². The Balaban J connectivity index is 0.00000289. The number of hydrogen-bond donors (Lipinski definition) is 2. The fraction of sp³-hybridized carbons (Fsp3) is 0.348. The zero-order valence-corrected chi connectivity index (χ0v) is 20.9. The molecule has 170 valence electrons. The third kappa shape index (κ3) is 5.70. The Bertz CT molecular complexity index is 1050. The summed E-state index contributed by atoms with van der Waals surface area (Å²) in [5, 5.41) is 11.3. The van der Waals surface area contributed by atoms with Gasteiger partial charge in [0.05, 0.1) is 13.2 Å². The smallest absolute Gasteiger partial charge is 0.191 e. The molecule has 1 unspecified atom stereocenters. The first-order chi connectivity index (χ1) is 15.2. The zero-order chi connectivity index (χ0) is 21.6. The predicted octanol–water partition coefficient (Wildman–Crippen LogP) is 4.21. The van der Waals surface area contributed by atoms with Gasteiger partial charge in [0.15, 0.2) is 17.5 Å². The highest BCUT2D eigenvalue weighted by Crippen LogP contribution is 2.31. The number of aromatic nitrogens is 3. The molecule has 1 aliphatic heterocycles. The second-order valence-electron chi connectivity index (χ2n) is 7.40. The third-order valence-corrected chi connectivity index (χ3v) is 5.20. The lowest BCUT2D eigenvalue weighted by Crippen LogP contribution is -2.41. The Morgan fingerprint density at radius 1 is 1.16 bits per heavy atom. The van der Waals surface area contributed by atoms with Crippen molar-refractivity contribution in [2.45, 2.75) is 38.9 Å². The number of nitrogens with one attached hydrogen (secondary N) is 2. The average Bonchev–Trinajstić information content (AvgIpc) is 3.19. The molecule has 0 saturated carbocycles. The van der Waals surface area contributed by atoms with Crippen molar-refractivity contribution in [2.24, 2.45) is 4.99 Å². The van der Waals surface area contributed by atoms with Crippen molar-refractivity contribution in [2.75, 3.05) is 14.2 Å². The Labute approximate surface area is 205 Å². The van der Waals surface area contributed by atoms with Gasteiger partial charge in [-0.15, -0.1) is 24.0 Å². The molecule has 3 aromatic rings. The van der Waals surface area contributed by atoms with Gasteiger partial charge in [-0.3, -0.25) is 4.99 Å². The van der Waals surface area contributed by atoms with Crippen molar-refractivity contribution in [3.05, 3.63) is 65.7 Å². The van der Waals surface area contributed by atoms with E-state index in [4.69, 9.17) is 9.47 Å². The van der Waals surface area contributed by atoms with Crippen LogP contribution in [-0.4, -0.2) is 34.9 Å². The molecule has 0 bridgehead atoms. The molecule has 0 aliphatic carbocycles. The fourth-order valence-corrected chi connectivity index (χ4v) is 3.66. The maximum absolute atomic E-state index is 5.94. The molecule has 8 nitrogen and oxygen atoms in total. The van der Waals surface area contributed by atoms with Gasteiger partial charge >= 0.3 is 0 Å². The molecule has 0 fully saturated rings. The number of guanidine groups is 1. The molecule has 1 aromatic heterocycles. The monoisotopic (exact) mass is 548 g/mol. The van der Waals surface area contributed by atoms with Gasteiger partial charge in [0.2, 0.25) is 0 Å². The van der Waals surface area contributed by atoms with Crippen LogP contribution in [0.4, 0.5) is 0 Å². The molecule has 0 amide bonds. The van der Waals surface area contributed by atoms with Gasteiger partial charge < -0.3 is 20.1 Å². The van der Waals surface area contributed by atoms with Crippen molar-refractivity contribution in [1.82, 2.24) is 25.4 Å². The highest BCUT2D eigenvalue weighted by Gasteiger charge is 2.24. The molecule has 32 heavy (non-hydrogen) atoms. The van der Waals surface area contributed by atoms with Gasteiger partial charge in [-0.2, -0.15) is 5.10 Å². The summed E-state index contributed by atoms with van der Waals surface area (Å²) < 4.78 is 13.3. The summed E-state index contributed by atoms with van der Waals surface area (Å²) in [6, 6.07) is 15.7. The summed E-state index contributed by atoms with van der Waals surface area (Å²) in [5.74, 6) is 4.68. The van der Waals surface area contributed by atoms with Gasteiger partial charge in [0.25, 0.3) is 0 Å². The lowest BCUT2D eigenvalue weighted by Gasteiger charge is -2.25. The SMILES string of the molecule is CN=C(NCc1ccc(Oc2ccccc2OC)cc1)NC1CCCn2nc(C)nc21.I. The number of aryl methyl sites for hydroxylation is 2. The van der Waals surface area contributed by atoms with Gasteiger partial charge in [-0.05, 0) is 49.6 Å². The van der Waals surface area contributed by atoms with E-state index in [2.05, 4.69) is 25.7 Å². The van der Waals surface area contributed by atoms with Crippen LogP contribution in [0.15, 0.2) is 53.5 Å². The number of para-hydroxylation sites is 2. The molecule has 4 rings (SSSR count). The Hall–Kier alpha value is -2.82. The van der Waals surface area contributed by atoms with E-state index in [1.807, 2.05) is 60.1 Å². The third-order valence-electron chi connectivity index (χ3n) is 5.20. The second kappa shape index (κ2) is 11.2. The van der Waals surface area contributed by atoms with E-state index in [1.165, 1.54) is 0 Å². The van der Waals surface area contributed by atoms with E-state index < -0.39 is 0 Å². The van der Waals surface area contributed by atoms with E-state index in [1.54, 1.807) is 14.2 Å². The number of benzene rings is 2. The summed E-state index contributed by atoms with van der Waals surface area (Å²) >= 11 is 0. The van der Waals surface area contributed by atoms with Gasteiger partial charge in [0, 0.05) is 20.1 Å². The van der Waals surface area contributed by atoms with Crippen molar-refractivity contribution in [1.29, 1.82) is 0 Å². The first kappa shape index (κ1) is 23.8. The molecule has 0 saturated heterocycles. The van der Waals surface area contributed by atoms with Crippen LogP contribution in [0.25, 0.3) is 0 Å². The van der Waals surface area contributed by atoms with E-state index in [-0.39, 0.29) is 30.0 Å². The highest BCUT2D eigenvalue weighted by atomic mass is 127. The van der Waals surface area contributed by atoms with Gasteiger partial charge in [-0.1, -0.05) is 24.3 Å². The summed E-state index contributed by atoms with van der Waals surface area (Å²) in [7, 11) is 3.41. The van der Waals surface area contributed by atoms with Gasteiger partial charge in [-0.25, -0.2) is 9.67 Å². The minimum Gasteiger partial charge on any atom is -0.493 e. The lowest BCUT2D eigenvalue weighted by molar-refractivity contribution is 0.379. The Morgan fingerprint density at radius 3 is 2.62 bits per heavy atom. The average molecular weight is 548 g/mol. The minimum absolute atomic E-state index is 0. The molecule has 2 aromatic carbocycles. The Kier molecular flexibility index (Phi) is 8.32. The van der Waals surface area contributed by atoms with Crippen LogP contribution in [0.1, 0.15) is 36.1 Å². The topological polar surface area (TPSA) is 85.6 Å². The lowest BCUT2D eigenvalue weighted by atomic mass is 10.1. The van der Waals surface area contributed by atoms with Crippen LogP contribution in [0.2, 0.25) is 0 Å². The molecule has 9 heteroatoms. The van der Waals surface area contributed by atoms with Crippen LogP contribution in [0.3, 0.4) is 0 Å². The fourth-order valence-electron chi connectivity index (χ4n) is 3.66. The molecule has 2 N–H and O–H groups in total. The minimum atomic E-state index is 0. The molecule has 2 heterocycles. The largest absolute Gasteiger partial charge is 0.493 e. The number of hydrogen-bond acceptors (Lipinski definition) is 5. The molecule has 1 aliphatic rings. The van der Waals surface area contributed by atoms with E-state index in [0.717, 1.165) is 48.3 Å². The Morgan fingerprint density at radius 2 is 1.91 bits per heavy atom. The molecule has 1 atom stereocenters. The quantitative estimate of drug-likeness (QED) is 0.273. The first-order valence-electron chi connectivity index (χ1n) is 10.4. The number of methoxy groups -OCH3 is 1. The normalized spacial score (nSPS) is 15.3. The van der Waals surface area contributed by atoms with Crippen molar-refractivity contribution < 1.29 is 9.47 Å². The highest BCUT2D eigenvalue weighted by molar-refractivity contribution is 14.0. The van der Waals surface area contributed by atoms with Crippen LogP contribution in [0, 0.1) is 6.92 Å². The summed E-state index contributed by atoms with van der Waals surface area (Å²) in [5.41, 5.74) is 1.12. The van der Waals surface area contributed by atoms with E-state index >= 15 is 0 Å². The van der Waals surface area contributed by atoms with Crippen molar-refractivity contribution in [3.8, 4) is 17.2 Å². The molecule has 0 spiro atoms. The molecular formula is C23H29IN6O2. The number of rotatable bonds is 6.